The minimum Gasteiger partial charge on any atom is -0.462 e. The first-order valence-electron chi connectivity index (χ1n) is 10.7. The van der Waals surface area contributed by atoms with E-state index in [1.54, 1.807) is 25.2 Å². The van der Waals surface area contributed by atoms with Gasteiger partial charge in [0.25, 0.3) is 5.91 Å². The van der Waals surface area contributed by atoms with Crippen molar-refractivity contribution < 1.29 is 22.7 Å². The third-order valence-electron chi connectivity index (χ3n) is 5.54. The number of aryl methyl sites for hydroxylation is 1. The molecule has 182 valence electrons. The van der Waals surface area contributed by atoms with Crippen LogP contribution in [0.3, 0.4) is 0 Å². The molecular formula is C25H26ClF3N2O2S. The second kappa shape index (κ2) is 10.4. The lowest BCUT2D eigenvalue weighted by Crippen LogP contribution is -2.51. The van der Waals surface area contributed by atoms with Crippen LogP contribution in [0.5, 0.6) is 5.88 Å². The molecule has 4 nitrogen and oxygen atoms in total. The molecule has 0 radical (unpaired) electrons. The number of nitrogens with zero attached hydrogens (tertiary/aromatic N) is 1. The number of aromatic nitrogens is 1. The number of nitrogens with one attached hydrogen (secondary N) is 1. The van der Waals surface area contributed by atoms with Gasteiger partial charge in [-0.05, 0) is 74.9 Å². The Kier molecular flexibility index (Phi) is 7.93. The molecule has 0 saturated carbocycles. The highest BCUT2D eigenvalue weighted by atomic mass is 35.5. The molecule has 0 spiro atoms. The van der Waals surface area contributed by atoms with Crippen LogP contribution in [0.4, 0.5) is 13.2 Å². The molecule has 0 bridgehead atoms. The summed E-state index contributed by atoms with van der Waals surface area (Å²) >= 11 is 7.66. The summed E-state index contributed by atoms with van der Waals surface area (Å²) in [7, 11) is 0. The van der Waals surface area contributed by atoms with Gasteiger partial charge in [0.15, 0.2) is 5.60 Å². The third-order valence-corrected chi connectivity index (χ3v) is 6.94. The van der Waals surface area contributed by atoms with Gasteiger partial charge >= 0.3 is 6.18 Å². The van der Waals surface area contributed by atoms with Crippen LogP contribution in [0.2, 0.25) is 5.02 Å². The molecule has 2 aromatic heterocycles. The molecule has 2 atom stereocenters. The minimum absolute atomic E-state index is 0.00474. The fourth-order valence-corrected chi connectivity index (χ4v) is 4.79. The molecule has 0 aliphatic rings. The molecule has 0 saturated heterocycles. The van der Waals surface area contributed by atoms with Gasteiger partial charge in [0.2, 0.25) is 5.88 Å². The summed E-state index contributed by atoms with van der Waals surface area (Å²) in [6.07, 6.45) is -3.11. The Morgan fingerprint density at radius 2 is 1.82 bits per heavy atom. The van der Waals surface area contributed by atoms with E-state index in [2.05, 4.69) is 10.3 Å². The van der Waals surface area contributed by atoms with Crippen LogP contribution in [-0.2, 0) is 17.4 Å². The Bertz CT molecular complexity index is 1110. The van der Waals surface area contributed by atoms with Crippen LogP contribution >= 0.6 is 22.9 Å². The standard InChI is InChI=1S/C25H26ClF3N2O2S/c1-15-11-12-34-22(15)20(13-17-5-8-19(26)9-6-17)16(2)31-23(32)24(3,4)33-21-10-7-18(14-30-21)25(27,28)29/h5-12,14,16,20H,13H2,1-4H3,(H,31,32). The average molecular weight is 511 g/mol. The first-order valence-corrected chi connectivity index (χ1v) is 11.9. The smallest absolute Gasteiger partial charge is 0.417 e. The molecule has 2 unspecified atom stereocenters. The van der Waals surface area contributed by atoms with E-state index in [1.165, 1.54) is 4.88 Å². The van der Waals surface area contributed by atoms with E-state index in [-0.39, 0.29) is 17.8 Å². The zero-order valence-electron chi connectivity index (χ0n) is 19.2. The quantitative estimate of drug-likeness (QED) is 0.362. The normalized spacial score (nSPS) is 13.9. The summed E-state index contributed by atoms with van der Waals surface area (Å²) in [4.78, 5) is 18.0. The van der Waals surface area contributed by atoms with Gasteiger partial charge in [-0.1, -0.05) is 23.7 Å². The van der Waals surface area contributed by atoms with Crippen LogP contribution in [0.1, 0.15) is 48.3 Å². The zero-order valence-corrected chi connectivity index (χ0v) is 20.8. The van der Waals surface area contributed by atoms with E-state index in [0.717, 1.165) is 23.3 Å². The molecule has 3 aromatic rings. The Labute approximate surface area is 206 Å². The van der Waals surface area contributed by atoms with Crippen LogP contribution < -0.4 is 10.1 Å². The van der Waals surface area contributed by atoms with Crippen LogP contribution in [0.15, 0.2) is 54.0 Å². The number of hydrogen-bond donors (Lipinski definition) is 1. The molecule has 2 heterocycles. The van der Waals surface area contributed by atoms with Crippen LogP contribution in [-0.4, -0.2) is 22.5 Å². The SMILES string of the molecule is Cc1ccsc1C(Cc1ccc(Cl)cc1)C(C)NC(=O)C(C)(C)Oc1ccc(C(F)(F)F)cn1. The van der Waals surface area contributed by atoms with Crippen molar-refractivity contribution in [1.29, 1.82) is 0 Å². The molecule has 3 rings (SSSR count). The van der Waals surface area contributed by atoms with E-state index in [9.17, 15) is 18.0 Å². The van der Waals surface area contributed by atoms with E-state index < -0.39 is 23.2 Å². The Morgan fingerprint density at radius 3 is 2.35 bits per heavy atom. The number of rotatable bonds is 8. The van der Waals surface area contributed by atoms with Gasteiger partial charge < -0.3 is 10.1 Å². The van der Waals surface area contributed by atoms with Gasteiger partial charge in [0.05, 0.1) is 5.56 Å². The number of pyridine rings is 1. The lowest BCUT2D eigenvalue weighted by Gasteiger charge is -2.30. The van der Waals surface area contributed by atoms with Crippen molar-refractivity contribution in [3.05, 3.63) is 80.6 Å². The fourth-order valence-electron chi connectivity index (χ4n) is 3.53. The molecular weight excluding hydrogens is 485 g/mol. The number of ether oxygens (including phenoxy) is 1. The predicted octanol–water partition coefficient (Wildman–Crippen LogP) is 6.81. The number of benzene rings is 1. The van der Waals surface area contributed by atoms with E-state index in [1.807, 2.05) is 49.6 Å². The number of carbonyl (C=O) groups excluding carboxylic acids is 1. The summed E-state index contributed by atoms with van der Waals surface area (Å²) in [5.74, 6) is -0.449. The molecule has 0 aliphatic heterocycles. The summed E-state index contributed by atoms with van der Waals surface area (Å²) in [6, 6.07) is 11.4. The van der Waals surface area contributed by atoms with E-state index in [0.29, 0.717) is 17.6 Å². The summed E-state index contributed by atoms with van der Waals surface area (Å²) in [6.45, 7) is 7.08. The topological polar surface area (TPSA) is 51.2 Å². The third kappa shape index (κ3) is 6.51. The molecule has 1 N–H and O–H groups in total. The van der Waals surface area contributed by atoms with Crippen molar-refractivity contribution in [2.75, 3.05) is 0 Å². The summed E-state index contributed by atoms with van der Waals surface area (Å²) in [5.41, 5.74) is 0.00504. The van der Waals surface area contributed by atoms with Crippen molar-refractivity contribution in [2.24, 2.45) is 0 Å². The first-order chi connectivity index (χ1) is 15.9. The lowest BCUT2D eigenvalue weighted by molar-refractivity contribution is -0.138. The van der Waals surface area contributed by atoms with Gasteiger partial charge in [-0.2, -0.15) is 13.2 Å². The highest BCUT2D eigenvalue weighted by Crippen LogP contribution is 2.33. The largest absolute Gasteiger partial charge is 0.462 e. The molecule has 0 aliphatic carbocycles. The monoisotopic (exact) mass is 510 g/mol. The van der Waals surface area contributed by atoms with Gasteiger partial charge in [-0.3, -0.25) is 4.79 Å². The van der Waals surface area contributed by atoms with Crippen molar-refractivity contribution in [3.63, 3.8) is 0 Å². The lowest BCUT2D eigenvalue weighted by atomic mass is 9.89. The predicted molar refractivity (Wildman–Crippen MR) is 129 cm³/mol. The van der Waals surface area contributed by atoms with E-state index >= 15 is 0 Å². The van der Waals surface area contributed by atoms with E-state index in [4.69, 9.17) is 16.3 Å². The van der Waals surface area contributed by atoms with Gasteiger partial charge in [0.1, 0.15) is 0 Å². The Hall–Kier alpha value is -2.58. The van der Waals surface area contributed by atoms with Gasteiger partial charge in [-0.25, -0.2) is 4.98 Å². The van der Waals surface area contributed by atoms with Crippen molar-refractivity contribution in [1.82, 2.24) is 10.3 Å². The molecule has 34 heavy (non-hydrogen) atoms. The minimum atomic E-state index is -4.49. The Morgan fingerprint density at radius 1 is 1.15 bits per heavy atom. The number of alkyl halides is 3. The maximum Gasteiger partial charge on any atom is 0.417 e. The number of carbonyl (C=O) groups is 1. The van der Waals surface area contributed by atoms with Crippen molar-refractivity contribution >= 4 is 28.8 Å². The summed E-state index contributed by atoms with van der Waals surface area (Å²) in [5, 5.41) is 5.71. The summed E-state index contributed by atoms with van der Waals surface area (Å²) < 4.78 is 44.0. The number of halogens is 4. The first kappa shape index (κ1) is 26.0. The second-order valence-corrected chi connectivity index (χ2v) is 10.0. The number of amides is 1. The zero-order chi connectivity index (χ0) is 25.1. The maximum atomic E-state index is 13.1. The average Bonchev–Trinajstić information content (AvgIpc) is 3.18. The molecule has 1 aromatic carbocycles. The van der Waals surface area contributed by atoms with Gasteiger partial charge in [-0.15, -0.1) is 11.3 Å². The number of hydrogen-bond acceptors (Lipinski definition) is 4. The highest BCUT2D eigenvalue weighted by molar-refractivity contribution is 7.10. The molecule has 9 heteroatoms. The fraction of sp³-hybridized carbons (Fsp3) is 0.360. The van der Waals surface area contributed by atoms with Gasteiger partial charge in [0, 0.05) is 34.1 Å². The second-order valence-electron chi connectivity index (χ2n) is 8.66. The van der Waals surface area contributed by atoms with Crippen LogP contribution in [0.25, 0.3) is 0 Å². The highest BCUT2D eigenvalue weighted by Gasteiger charge is 2.35. The Balaban J connectivity index is 1.74. The molecule has 0 fully saturated rings. The maximum absolute atomic E-state index is 13.1. The van der Waals surface area contributed by atoms with Crippen LogP contribution in [0, 0.1) is 6.92 Å². The van der Waals surface area contributed by atoms with Crippen molar-refractivity contribution in [3.8, 4) is 5.88 Å². The van der Waals surface area contributed by atoms with Crippen molar-refractivity contribution in [2.45, 2.75) is 57.9 Å². The molecule has 1 amide bonds. The number of thiophene rings is 1.